The molecule has 2 N–H and O–H groups in total. The third-order valence-corrected chi connectivity index (χ3v) is 3.12. The molecule has 130 valence electrons. The molecule has 1 heterocycles. The topological polar surface area (TPSA) is 136 Å². The summed E-state index contributed by atoms with van der Waals surface area (Å²) in [5.74, 6) is -0.374. The molecule has 0 aliphatic carbocycles. The minimum absolute atomic E-state index is 0.0435. The van der Waals surface area contributed by atoms with Gasteiger partial charge in [-0.05, 0) is 12.1 Å². The lowest BCUT2D eigenvalue weighted by Gasteiger charge is -2.08. The zero-order valence-corrected chi connectivity index (χ0v) is 13.3. The van der Waals surface area contributed by atoms with Crippen LogP contribution in [-0.4, -0.2) is 41.4 Å². The Kier molecular flexibility index (Phi) is 5.46. The molecule has 1 aromatic heterocycles. The summed E-state index contributed by atoms with van der Waals surface area (Å²) in [6.45, 7) is 0. The van der Waals surface area contributed by atoms with Gasteiger partial charge in [0.05, 0.1) is 30.9 Å². The number of hydrogen-bond acceptors (Lipinski definition) is 8. The van der Waals surface area contributed by atoms with Gasteiger partial charge in [0.25, 0.3) is 0 Å². The van der Waals surface area contributed by atoms with E-state index in [-0.39, 0.29) is 17.0 Å². The van der Waals surface area contributed by atoms with Crippen LogP contribution in [0.4, 0.5) is 11.5 Å². The van der Waals surface area contributed by atoms with Gasteiger partial charge in [-0.15, -0.1) is 0 Å². The number of ether oxygens (including phenoxy) is 2. The SMILES string of the molecule is COc1cc(OC)c([N+](=O)[O-])cc1/C=N/Nc1ccc(C(=O)O)cn1. The number of nitro groups is 1. The largest absolute Gasteiger partial charge is 0.496 e. The highest BCUT2D eigenvalue weighted by Crippen LogP contribution is 2.33. The molecule has 1 aromatic carbocycles. The summed E-state index contributed by atoms with van der Waals surface area (Å²) < 4.78 is 10.1. The summed E-state index contributed by atoms with van der Waals surface area (Å²) in [4.78, 5) is 25.1. The maximum atomic E-state index is 11.1. The molecule has 0 bridgehead atoms. The highest BCUT2D eigenvalue weighted by atomic mass is 16.6. The normalized spacial score (nSPS) is 10.5. The Morgan fingerprint density at radius 3 is 2.56 bits per heavy atom. The first-order valence-corrected chi connectivity index (χ1v) is 6.85. The van der Waals surface area contributed by atoms with E-state index in [1.807, 2.05) is 0 Å². The van der Waals surface area contributed by atoms with Crippen molar-refractivity contribution in [2.24, 2.45) is 5.10 Å². The number of methoxy groups -OCH3 is 2. The van der Waals surface area contributed by atoms with Gasteiger partial charge in [-0.2, -0.15) is 5.10 Å². The number of hydrogen-bond donors (Lipinski definition) is 2. The number of nitro benzene ring substituents is 1. The Morgan fingerprint density at radius 1 is 1.32 bits per heavy atom. The molecular weight excluding hydrogens is 332 g/mol. The zero-order valence-electron chi connectivity index (χ0n) is 13.3. The van der Waals surface area contributed by atoms with Gasteiger partial charge in [0.2, 0.25) is 5.75 Å². The number of nitrogens with one attached hydrogen (secondary N) is 1. The van der Waals surface area contributed by atoms with E-state index in [1.54, 1.807) is 0 Å². The van der Waals surface area contributed by atoms with Crippen LogP contribution < -0.4 is 14.9 Å². The molecule has 2 rings (SSSR count). The van der Waals surface area contributed by atoms with E-state index in [9.17, 15) is 14.9 Å². The fourth-order valence-corrected chi connectivity index (χ4v) is 1.90. The van der Waals surface area contributed by atoms with E-state index in [0.717, 1.165) is 0 Å². The fourth-order valence-electron chi connectivity index (χ4n) is 1.90. The Labute approximate surface area is 141 Å². The molecule has 0 saturated heterocycles. The molecule has 0 aliphatic rings. The van der Waals surface area contributed by atoms with Crippen LogP contribution in [0.15, 0.2) is 35.6 Å². The number of carboxylic acid groups (broad SMARTS) is 1. The molecule has 0 amide bonds. The molecule has 0 fully saturated rings. The molecule has 0 saturated carbocycles. The number of anilines is 1. The number of carboxylic acids is 1. The lowest BCUT2D eigenvalue weighted by molar-refractivity contribution is -0.385. The molecule has 0 radical (unpaired) electrons. The maximum absolute atomic E-state index is 11.1. The van der Waals surface area contributed by atoms with E-state index in [4.69, 9.17) is 14.6 Å². The van der Waals surface area contributed by atoms with Crippen LogP contribution >= 0.6 is 0 Å². The molecule has 0 spiro atoms. The van der Waals surface area contributed by atoms with Gasteiger partial charge in [0, 0.05) is 23.9 Å². The van der Waals surface area contributed by atoms with Crippen molar-refractivity contribution >= 4 is 23.7 Å². The second-order valence-corrected chi connectivity index (χ2v) is 4.63. The average Bonchev–Trinajstić information content (AvgIpc) is 2.61. The van der Waals surface area contributed by atoms with Crippen LogP contribution in [0.2, 0.25) is 0 Å². The van der Waals surface area contributed by atoms with Crippen LogP contribution in [0, 0.1) is 10.1 Å². The van der Waals surface area contributed by atoms with Crippen molar-refractivity contribution in [2.45, 2.75) is 0 Å². The van der Waals surface area contributed by atoms with Gasteiger partial charge >= 0.3 is 11.7 Å². The maximum Gasteiger partial charge on any atom is 0.337 e. The number of hydrazone groups is 1. The van der Waals surface area contributed by atoms with Crippen LogP contribution in [0.5, 0.6) is 11.5 Å². The Morgan fingerprint density at radius 2 is 2.04 bits per heavy atom. The van der Waals surface area contributed by atoms with Crippen LogP contribution in [0.25, 0.3) is 0 Å². The highest BCUT2D eigenvalue weighted by molar-refractivity contribution is 5.87. The highest BCUT2D eigenvalue weighted by Gasteiger charge is 2.18. The van der Waals surface area contributed by atoms with Crippen molar-refractivity contribution < 1.29 is 24.3 Å². The van der Waals surface area contributed by atoms with Crippen molar-refractivity contribution in [3.8, 4) is 11.5 Å². The van der Waals surface area contributed by atoms with E-state index < -0.39 is 10.9 Å². The number of aromatic carboxylic acids is 1. The van der Waals surface area contributed by atoms with Crippen molar-refractivity contribution in [2.75, 3.05) is 19.6 Å². The first kappa shape index (κ1) is 17.7. The minimum atomic E-state index is -1.09. The van der Waals surface area contributed by atoms with Crippen LogP contribution in [0.1, 0.15) is 15.9 Å². The van der Waals surface area contributed by atoms with Crippen molar-refractivity contribution in [3.05, 3.63) is 51.7 Å². The predicted molar refractivity (Wildman–Crippen MR) is 88.6 cm³/mol. The standard InChI is InChI=1S/C15H14N4O6/c1-24-12-6-13(25-2)11(19(22)23)5-10(12)8-17-18-14-4-3-9(7-16-14)15(20)21/h3-8H,1-2H3,(H,16,18)(H,20,21)/b17-8+. The Hall–Kier alpha value is -3.69. The second-order valence-electron chi connectivity index (χ2n) is 4.63. The molecule has 25 heavy (non-hydrogen) atoms. The third-order valence-electron chi connectivity index (χ3n) is 3.12. The third kappa shape index (κ3) is 4.19. The summed E-state index contributed by atoms with van der Waals surface area (Å²) in [6, 6.07) is 5.46. The number of pyridine rings is 1. The molecule has 10 nitrogen and oxygen atoms in total. The monoisotopic (exact) mass is 346 g/mol. The fraction of sp³-hybridized carbons (Fsp3) is 0.133. The number of rotatable bonds is 7. The van der Waals surface area contributed by atoms with Gasteiger partial charge in [-0.25, -0.2) is 9.78 Å². The van der Waals surface area contributed by atoms with Gasteiger partial charge in [-0.1, -0.05) is 0 Å². The van der Waals surface area contributed by atoms with E-state index in [2.05, 4.69) is 15.5 Å². The van der Waals surface area contributed by atoms with E-state index >= 15 is 0 Å². The Balaban J connectivity index is 2.23. The molecule has 0 unspecified atom stereocenters. The minimum Gasteiger partial charge on any atom is -0.496 e. The first-order chi connectivity index (χ1) is 12.0. The average molecular weight is 346 g/mol. The predicted octanol–water partition coefficient (Wildman–Crippen LogP) is 2.15. The van der Waals surface area contributed by atoms with E-state index in [0.29, 0.717) is 17.1 Å². The quantitative estimate of drug-likeness (QED) is 0.442. The molecule has 0 aliphatic heterocycles. The van der Waals surface area contributed by atoms with E-state index in [1.165, 1.54) is 50.9 Å². The summed E-state index contributed by atoms with van der Waals surface area (Å²) in [5.41, 5.74) is 2.76. The molecule has 10 heteroatoms. The lowest BCUT2D eigenvalue weighted by Crippen LogP contribution is -2.01. The lowest BCUT2D eigenvalue weighted by atomic mass is 10.1. The summed E-state index contributed by atoms with van der Waals surface area (Å²) in [7, 11) is 2.74. The second kappa shape index (κ2) is 7.73. The van der Waals surface area contributed by atoms with Crippen LogP contribution in [0.3, 0.4) is 0 Å². The Bertz CT molecular complexity index is 820. The van der Waals surface area contributed by atoms with Gasteiger partial charge < -0.3 is 14.6 Å². The van der Waals surface area contributed by atoms with Crippen molar-refractivity contribution in [1.82, 2.24) is 4.98 Å². The molecular formula is C15H14N4O6. The smallest absolute Gasteiger partial charge is 0.337 e. The van der Waals surface area contributed by atoms with Gasteiger partial charge in [0.1, 0.15) is 11.6 Å². The molecule has 2 aromatic rings. The van der Waals surface area contributed by atoms with Crippen molar-refractivity contribution in [1.29, 1.82) is 0 Å². The molecule has 0 atom stereocenters. The number of benzene rings is 1. The number of nitrogens with zero attached hydrogens (tertiary/aromatic N) is 3. The summed E-state index contributed by atoms with van der Waals surface area (Å²) >= 11 is 0. The first-order valence-electron chi connectivity index (χ1n) is 6.85. The number of aromatic nitrogens is 1. The van der Waals surface area contributed by atoms with Gasteiger partial charge in [-0.3, -0.25) is 15.5 Å². The van der Waals surface area contributed by atoms with Gasteiger partial charge in [0.15, 0.2) is 0 Å². The zero-order chi connectivity index (χ0) is 18.4. The summed E-state index contributed by atoms with van der Waals surface area (Å²) in [5, 5.41) is 23.8. The van der Waals surface area contributed by atoms with Crippen molar-refractivity contribution in [3.63, 3.8) is 0 Å². The van der Waals surface area contributed by atoms with Crippen LogP contribution in [-0.2, 0) is 0 Å². The number of carbonyl (C=O) groups is 1. The summed E-state index contributed by atoms with van der Waals surface area (Å²) in [6.07, 6.45) is 2.50.